The lowest BCUT2D eigenvalue weighted by Crippen LogP contribution is -2.59. The van der Waals surface area contributed by atoms with Crippen LogP contribution in [-0.2, 0) is 47.9 Å². The van der Waals surface area contributed by atoms with Gasteiger partial charge in [0.1, 0.15) is 42.3 Å². The van der Waals surface area contributed by atoms with E-state index in [1.54, 1.807) is 13.8 Å². The van der Waals surface area contributed by atoms with Crippen molar-refractivity contribution >= 4 is 59.3 Å². The third-order valence-corrected chi connectivity index (χ3v) is 8.20. The minimum absolute atomic E-state index is 0.0770. The smallest absolute Gasteiger partial charge is 0.326 e. The quantitative estimate of drug-likeness (QED) is 0.0364. The van der Waals surface area contributed by atoms with Gasteiger partial charge in [-0.15, -0.1) is 0 Å². The van der Waals surface area contributed by atoms with E-state index in [9.17, 15) is 53.1 Å². The van der Waals surface area contributed by atoms with Crippen molar-refractivity contribution in [1.29, 1.82) is 0 Å². The van der Waals surface area contributed by atoms with Crippen LogP contribution in [0.3, 0.4) is 0 Å². The van der Waals surface area contributed by atoms with Gasteiger partial charge in [0.25, 0.3) is 0 Å². The average Bonchev–Trinajstić information content (AvgIpc) is 3.10. The fraction of sp³-hybridized carbons (Fsp3) is 0.706. The number of rotatable bonds is 27. The normalized spacial score (nSPS) is 15.2. The van der Waals surface area contributed by atoms with Crippen LogP contribution in [0, 0.1) is 5.92 Å². The number of carboxylic acids is 3. The zero-order chi connectivity index (χ0) is 43.3. The monoisotopic (exact) mass is 801 g/mol. The lowest BCUT2D eigenvalue weighted by molar-refractivity contribution is -0.143. The minimum atomic E-state index is -1.53. The Kier molecular flexibility index (Phi) is 23.2. The van der Waals surface area contributed by atoms with E-state index in [2.05, 4.69) is 37.2 Å². The molecule has 22 nitrogen and oxygen atoms in total. The molecule has 0 heterocycles. The molecule has 7 amide bonds. The van der Waals surface area contributed by atoms with Gasteiger partial charge in [-0.25, -0.2) is 4.79 Å². The molecule has 56 heavy (non-hydrogen) atoms. The van der Waals surface area contributed by atoms with E-state index in [0.717, 1.165) is 0 Å². The highest BCUT2D eigenvalue weighted by Gasteiger charge is 2.31. The summed E-state index contributed by atoms with van der Waals surface area (Å²) in [7, 11) is 0. The third-order valence-electron chi connectivity index (χ3n) is 8.20. The van der Waals surface area contributed by atoms with E-state index in [1.807, 2.05) is 0 Å². The molecule has 0 aliphatic heterocycles. The lowest BCUT2D eigenvalue weighted by Gasteiger charge is -2.26. The fourth-order valence-corrected chi connectivity index (χ4v) is 4.84. The molecule has 22 heteroatoms. The van der Waals surface area contributed by atoms with Gasteiger partial charge in [-0.05, 0) is 78.7 Å². The summed E-state index contributed by atoms with van der Waals surface area (Å²) in [6.45, 7) is 9.08. The Morgan fingerprint density at radius 3 is 1.27 bits per heavy atom. The van der Waals surface area contributed by atoms with Gasteiger partial charge in [0.2, 0.25) is 41.4 Å². The molecule has 0 saturated carbocycles. The Morgan fingerprint density at radius 2 is 0.839 bits per heavy atom. The molecule has 0 aromatic rings. The SMILES string of the molecule is CC(C)C[C@H](NC(=O)[C@H](C)NC(=O)[C@H](CCCCN)NC(=O)[C@H](C)NC(=O)[C@H](C)NC(=O)[C@H](C)NC(=O)[C@@H](N)CCC(=O)O)C(=O)N[C@@H](CCC(=O)O)C(=O)O. The molecule has 0 spiro atoms. The van der Waals surface area contributed by atoms with E-state index in [0.29, 0.717) is 12.8 Å². The maximum Gasteiger partial charge on any atom is 0.326 e. The molecule has 14 N–H and O–H groups in total. The number of nitrogens with one attached hydrogen (secondary N) is 7. The molecule has 0 rings (SSSR count). The van der Waals surface area contributed by atoms with Gasteiger partial charge in [-0.2, -0.15) is 0 Å². The van der Waals surface area contributed by atoms with Crippen molar-refractivity contribution in [3.8, 4) is 0 Å². The number of carbonyl (C=O) groups is 10. The summed E-state index contributed by atoms with van der Waals surface area (Å²) in [6.07, 6.45) is -0.382. The first-order valence-electron chi connectivity index (χ1n) is 18.2. The van der Waals surface area contributed by atoms with Crippen molar-refractivity contribution in [1.82, 2.24) is 37.2 Å². The highest BCUT2D eigenvalue weighted by atomic mass is 16.4. The topological polar surface area (TPSA) is 368 Å². The number of aliphatic carboxylic acids is 3. The minimum Gasteiger partial charge on any atom is -0.481 e. The molecule has 0 aliphatic rings. The van der Waals surface area contributed by atoms with E-state index in [-0.39, 0.29) is 38.1 Å². The molecule has 0 aromatic heterocycles. The lowest BCUT2D eigenvalue weighted by atomic mass is 10.0. The molecular weight excluding hydrogens is 742 g/mol. The summed E-state index contributed by atoms with van der Waals surface area (Å²) in [5.74, 6) is -9.58. The molecular formula is C34H59N9O13. The van der Waals surface area contributed by atoms with Crippen LogP contribution in [0.25, 0.3) is 0 Å². The van der Waals surface area contributed by atoms with Crippen LogP contribution < -0.4 is 48.7 Å². The molecule has 0 aromatic carbocycles. The van der Waals surface area contributed by atoms with Crippen LogP contribution >= 0.6 is 0 Å². The van der Waals surface area contributed by atoms with Gasteiger partial charge >= 0.3 is 17.9 Å². The van der Waals surface area contributed by atoms with Crippen LogP contribution in [0.1, 0.15) is 92.9 Å². The third kappa shape index (κ3) is 20.3. The number of nitrogens with two attached hydrogens (primary N) is 2. The zero-order valence-corrected chi connectivity index (χ0v) is 32.6. The van der Waals surface area contributed by atoms with Crippen LogP contribution in [0.15, 0.2) is 0 Å². The predicted octanol–water partition coefficient (Wildman–Crippen LogP) is -3.22. The van der Waals surface area contributed by atoms with Crippen LogP contribution in [0.4, 0.5) is 0 Å². The summed E-state index contributed by atoms with van der Waals surface area (Å²) in [5.41, 5.74) is 11.2. The van der Waals surface area contributed by atoms with Crippen molar-refractivity contribution in [2.45, 2.75) is 141 Å². The van der Waals surface area contributed by atoms with Crippen LogP contribution in [0.2, 0.25) is 0 Å². The average molecular weight is 802 g/mol. The van der Waals surface area contributed by atoms with Crippen molar-refractivity contribution in [2.75, 3.05) is 6.54 Å². The van der Waals surface area contributed by atoms with Gasteiger partial charge in [0.15, 0.2) is 0 Å². The highest BCUT2D eigenvalue weighted by molar-refractivity contribution is 5.97. The number of carboxylic acid groups (broad SMARTS) is 3. The van der Waals surface area contributed by atoms with Gasteiger partial charge in [0.05, 0.1) is 6.04 Å². The summed E-state index contributed by atoms with van der Waals surface area (Å²) in [4.78, 5) is 123. The Morgan fingerprint density at radius 1 is 0.464 bits per heavy atom. The molecule has 0 aliphatic carbocycles. The van der Waals surface area contributed by atoms with Crippen molar-refractivity contribution in [3.05, 3.63) is 0 Å². The highest BCUT2D eigenvalue weighted by Crippen LogP contribution is 2.08. The van der Waals surface area contributed by atoms with Crippen LogP contribution in [-0.4, -0.2) is 129 Å². The number of amides is 7. The van der Waals surface area contributed by atoms with E-state index in [1.165, 1.54) is 27.7 Å². The maximum atomic E-state index is 13.3. The number of hydrogen-bond acceptors (Lipinski definition) is 12. The van der Waals surface area contributed by atoms with Crippen molar-refractivity contribution in [3.63, 3.8) is 0 Å². The second kappa shape index (κ2) is 25.7. The Bertz CT molecular complexity index is 1410. The maximum absolute atomic E-state index is 13.3. The first-order chi connectivity index (χ1) is 26.0. The predicted molar refractivity (Wildman–Crippen MR) is 198 cm³/mol. The van der Waals surface area contributed by atoms with Crippen molar-refractivity contribution < 1.29 is 63.3 Å². The molecule has 8 atom stereocenters. The number of unbranched alkanes of at least 4 members (excludes halogenated alkanes) is 1. The molecule has 0 fully saturated rings. The van der Waals surface area contributed by atoms with Gasteiger partial charge in [-0.3, -0.25) is 43.2 Å². The summed E-state index contributed by atoms with van der Waals surface area (Å²) >= 11 is 0. The first-order valence-corrected chi connectivity index (χ1v) is 18.2. The van der Waals surface area contributed by atoms with Gasteiger partial charge in [-0.1, -0.05) is 13.8 Å². The van der Waals surface area contributed by atoms with E-state index < -0.39 is 120 Å². The van der Waals surface area contributed by atoms with E-state index in [4.69, 9.17) is 21.7 Å². The second-order valence-electron chi connectivity index (χ2n) is 13.8. The van der Waals surface area contributed by atoms with Gasteiger partial charge in [0, 0.05) is 12.8 Å². The van der Waals surface area contributed by atoms with Crippen molar-refractivity contribution in [2.24, 2.45) is 17.4 Å². The molecule has 0 saturated heterocycles. The summed E-state index contributed by atoms with van der Waals surface area (Å²) < 4.78 is 0. The Balaban J connectivity index is 5.50. The summed E-state index contributed by atoms with van der Waals surface area (Å²) in [6, 6.07) is -9.96. The largest absolute Gasteiger partial charge is 0.481 e. The zero-order valence-electron chi connectivity index (χ0n) is 32.6. The molecule has 0 bridgehead atoms. The van der Waals surface area contributed by atoms with Gasteiger partial charge < -0.3 is 64.0 Å². The Labute approximate surface area is 324 Å². The second-order valence-corrected chi connectivity index (χ2v) is 13.8. The molecule has 0 unspecified atom stereocenters. The fourth-order valence-electron chi connectivity index (χ4n) is 4.84. The Hall–Kier alpha value is -5.38. The van der Waals surface area contributed by atoms with E-state index >= 15 is 0 Å². The van der Waals surface area contributed by atoms with Crippen LogP contribution in [0.5, 0.6) is 0 Å². The number of hydrogen-bond donors (Lipinski definition) is 12. The molecule has 0 radical (unpaired) electrons. The standard InChI is InChI=1S/C34H59N9O13/c1-16(2)15-24(33(54)42-23(34(55)56)11-13-26(46)47)43-30(51)20(6)40-32(53)22(9-7-8-14-35)41-29(50)19(5)38-27(48)17(3)37-28(49)18(4)39-31(52)21(36)10-12-25(44)45/h16-24H,7-15,35-36H2,1-6H3,(H,37,49)(H,38,48)(H,39,52)(H,40,53)(H,41,50)(H,42,54)(H,43,51)(H,44,45)(H,46,47)(H,55,56)/t17-,18-,19-,20-,21-,22-,23-,24-/m0/s1. The first kappa shape index (κ1) is 50.6. The summed E-state index contributed by atoms with van der Waals surface area (Å²) in [5, 5.41) is 43.9. The molecule has 318 valence electrons. The number of carbonyl (C=O) groups excluding carboxylic acids is 7.